The molecule has 4 nitrogen and oxygen atoms in total. The maximum absolute atomic E-state index is 11.2. The molecule has 0 bridgehead atoms. The van der Waals surface area contributed by atoms with E-state index in [1.807, 2.05) is 6.92 Å². The molecule has 0 radical (unpaired) electrons. The molecule has 0 aromatic heterocycles. The molecule has 0 aromatic carbocycles. The van der Waals surface area contributed by atoms with Crippen LogP contribution in [0.5, 0.6) is 0 Å². The second-order valence-electron chi connectivity index (χ2n) is 3.65. The summed E-state index contributed by atoms with van der Waals surface area (Å²) in [6.45, 7) is 3.45. The molecule has 1 saturated heterocycles. The molecule has 82 valence electrons. The number of hydrogen-bond acceptors (Lipinski definition) is 4. The van der Waals surface area contributed by atoms with Crippen molar-refractivity contribution in [3.05, 3.63) is 0 Å². The first-order valence-corrected chi connectivity index (χ1v) is 5.15. The van der Waals surface area contributed by atoms with Crippen molar-refractivity contribution in [3.63, 3.8) is 0 Å². The van der Waals surface area contributed by atoms with E-state index in [4.69, 9.17) is 4.74 Å². The number of carbonyl (C=O) groups excluding carboxylic acids is 1. The van der Waals surface area contributed by atoms with E-state index in [1.165, 1.54) is 7.11 Å². The second kappa shape index (κ2) is 5.98. The van der Waals surface area contributed by atoms with E-state index in [0.29, 0.717) is 6.04 Å². The van der Waals surface area contributed by atoms with Crippen molar-refractivity contribution in [1.82, 2.24) is 5.32 Å². The van der Waals surface area contributed by atoms with Crippen molar-refractivity contribution in [2.24, 2.45) is 0 Å². The van der Waals surface area contributed by atoms with Gasteiger partial charge in [-0.25, -0.2) is 0 Å². The van der Waals surface area contributed by atoms with Gasteiger partial charge in [-0.2, -0.15) is 0 Å². The lowest BCUT2D eigenvalue weighted by Crippen LogP contribution is -2.42. The maximum atomic E-state index is 11.2. The normalized spacial score (nSPS) is 25.1. The number of carbonyl (C=O) groups is 1. The topological polar surface area (TPSA) is 47.6 Å². The predicted molar refractivity (Wildman–Crippen MR) is 53.1 cm³/mol. The van der Waals surface area contributed by atoms with Gasteiger partial charge >= 0.3 is 5.97 Å². The van der Waals surface area contributed by atoms with Crippen LogP contribution in [-0.2, 0) is 14.3 Å². The van der Waals surface area contributed by atoms with E-state index in [9.17, 15) is 4.79 Å². The van der Waals surface area contributed by atoms with Gasteiger partial charge in [0.05, 0.1) is 7.11 Å². The lowest BCUT2D eigenvalue weighted by atomic mass is 10.1. The highest BCUT2D eigenvalue weighted by molar-refractivity contribution is 5.75. The summed E-state index contributed by atoms with van der Waals surface area (Å²) in [5, 5.41) is 3.25. The van der Waals surface area contributed by atoms with Crippen LogP contribution in [0.25, 0.3) is 0 Å². The van der Waals surface area contributed by atoms with Gasteiger partial charge in [0.15, 0.2) is 0 Å². The Bertz CT molecular complexity index is 176. The molecule has 1 rings (SSSR count). The van der Waals surface area contributed by atoms with E-state index in [0.717, 1.165) is 32.5 Å². The highest BCUT2D eigenvalue weighted by Gasteiger charge is 2.19. The molecule has 1 fully saturated rings. The Morgan fingerprint density at radius 2 is 2.29 bits per heavy atom. The summed E-state index contributed by atoms with van der Waals surface area (Å²) in [5.74, 6) is -0.199. The number of esters is 1. The Kier molecular flexibility index (Phi) is 4.90. The van der Waals surface area contributed by atoms with Crippen molar-refractivity contribution in [1.29, 1.82) is 0 Å². The molecule has 0 spiro atoms. The summed E-state index contributed by atoms with van der Waals surface area (Å²) < 4.78 is 9.99. The molecule has 1 unspecified atom stereocenters. The quantitative estimate of drug-likeness (QED) is 0.683. The van der Waals surface area contributed by atoms with Crippen LogP contribution in [0, 0.1) is 0 Å². The van der Waals surface area contributed by atoms with E-state index in [1.54, 1.807) is 0 Å². The summed E-state index contributed by atoms with van der Waals surface area (Å²) in [4.78, 5) is 11.2. The van der Waals surface area contributed by atoms with Gasteiger partial charge in [-0.15, -0.1) is 0 Å². The van der Waals surface area contributed by atoms with E-state index in [-0.39, 0.29) is 12.0 Å². The fourth-order valence-electron chi connectivity index (χ4n) is 1.67. The van der Waals surface area contributed by atoms with E-state index in [2.05, 4.69) is 10.1 Å². The van der Waals surface area contributed by atoms with Gasteiger partial charge < -0.3 is 14.8 Å². The summed E-state index contributed by atoms with van der Waals surface area (Å²) >= 11 is 0. The standard InChI is InChI=1S/C10H19NO3/c1-8(10(12)13-2)11-9-4-3-6-14-7-5-9/h8-9,11H,3-7H2,1-2H3/t8-,9?/m0/s1. The van der Waals surface area contributed by atoms with Crippen LogP contribution in [-0.4, -0.2) is 38.4 Å². The first-order valence-electron chi connectivity index (χ1n) is 5.15. The fraction of sp³-hybridized carbons (Fsp3) is 0.900. The lowest BCUT2D eigenvalue weighted by Gasteiger charge is -2.19. The Morgan fingerprint density at radius 3 is 3.00 bits per heavy atom. The van der Waals surface area contributed by atoms with E-state index < -0.39 is 0 Å². The molecule has 0 amide bonds. The zero-order valence-electron chi connectivity index (χ0n) is 8.91. The summed E-state index contributed by atoms with van der Waals surface area (Å²) in [5.41, 5.74) is 0. The maximum Gasteiger partial charge on any atom is 0.322 e. The molecule has 0 aromatic rings. The minimum absolute atomic E-state index is 0.199. The summed E-state index contributed by atoms with van der Waals surface area (Å²) in [6.07, 6.45) is 3.11. The number of methoxy groups -OCH3 is 1. The van der Waals surface area contributed by atoms with Gasteiger partial charge in [0.2, 0.25) is 0 Å². The van der Waals surface area contributed by atoms with Crippen molar-refractivity contribution < 1.29 is 14.3 Å². The zero-order valence-corrected chi connectivity index (χ0v) is 8.91. The SMILES string of the molecule is COC(=O)[C@H](C)NC1CCCOCC1. The smallest absolute Gasteiger partial charge is 0.322 e. The molecule has 1 aliphatic heterocycles. The van der Waals surface area contributed by atoms with Gasteiger partial charge in [0.1, 0.15) is 6.04 Å². The monoisotopic (exact) mass is 201 g/mol. The molecule has 2 atom stereocenters. The van der Waals surface area contributed by atoms with Crippen LogP contribution >= 0.6 is 0 Å². The van der Waals surface area contributed by atoms with Gasteiger partial charge in [0, 0.05) is 19.3 Å². The summed E-state index contributed by atoms with van der Waals surface area (Å²) in [7, 11) is 1.41. The second-order valence-corrected chi connectivity index (χ2v) is 3.65. The van der Waals surface area contributed by atoms with Gasteiger partial charge in [-0.3, -0.25) is 4.79 Å². The number of hydrogen-bond donors (Lipinski definition) is 1. The first-order chi connectivity index (χ1) is 6.74. The number of ether oxygens (including phenoxy) is 2. The molecular formula is C10H19NO3. The van der Waals surface area contributed by atoms with Crippen molar-refractivity contribution in [2.75, 3.05) is 20.3 Å². The predicted octanol–water partition coefficient (Wildman–Crippen LogP) is 0.707. The fourth-order valence-corrected chi connectivity index (χ4v) is 1.67. The van der Waals surface area contributed by atoms with Crippen LogP contribution in [0.1, 0.15) is 26.2 Å². The van der Waals surface area contributed by atoms with Crippen LogP contribution < -0.4 is 5.32 Å². The van der Waals surface area contributed by atoms with Gasteiger partial charge in [0.25, 0.3) is 0 Å². The largest absolute Gasteiger partial charge is 0.468 e. The van der Waals surface area contributed by atoms with Crippen molar-refractivity contribution >= 4 is 5.97 Å². The molecule has 0 aliphatic carbocycles. The molecule has 1 aliphatic rings. The average Bonchev–Trinajstić information content (AvgIpc) is 2.45. The molecule has 0 saturated carbocycles. The van der Waals surface area contributed by atoms with Gasteiger partial charge in [-0.1, -0.05) is 0 Å². The number of nitrogens with one attached hydrogen (secondary N) is 1. The van der Waals surface area contributed by atoms with Crippen LogP contribution in [0.3, 0.4) is 0 Å². The average molecular weight is 201 g/mol. The van der Waals surface area contributed by atoms with Crippen LogP contribution in [0.15, 0.2) is 0 Å². The molecule has 1 heterocycles. The van der Waals surface area contributed by atoms with Crippen LogP contribution in [0.4, 0.5) is 0 Å². The van der Waals surface area contributed by atoms with Gasteiger partial charge in [-0.05, 0) is 26.2 Å². The van der Waals surface area contributed by atoms with Crippen molar-refractivity contribution in [3.8, 4) is 0 Å². The first kappa shape index (κ1) is 11.5. The summed E-state index contributed by atoms with van der Waals surface area (Å²) in [6, 6.07) is 0.162. The molecular weight excluding hydrogens is 182 g/mol. The lowest BCUT2D eigenvalue weighted by molar-refractivity contribution is -0.142. The van der Waals surface area contributed by atoms with Crippen LogP contribution in [0.2, 0.25) is 0 Å². The Labute approximate surface area is 85.0 Å². The van der Waals surface area contributed by atoms with Crippen molar-refractivity contribution in [2.45, 2.75) is 38.3 Å². The Morgan fingerprint density at radius 1 is 1.50 bits per heavy atom. The highest BCUT2D eigenvalue weighted by atomic mass is 16.5. The number of rotatable bonds is 3. The third-order valence-corrected chi connectivity index (χ3v) is 2.49. The Balaban J connectivity index is 2.30. The minimum Gasteiger partial charge on any atom is -0.468 e. The molecule has 14 heavy (non-hydrogen) atoms. The highest BCUT2D eigenvalue weighted by Crippen LogP contribution is 2.08. The molecule has 4 heteroatoms. The minimum atomic E-state index is -0.219. The molecule has 1 N–H and O–H groups in total. The van der Waals surface area contributed by atoms with E-state index >= 15 is 0 Å². The third-order valence-electron chi connectivity index (χ3n) is 2.49. The zero-order chi connectivity index (χ0) is 10.4. The third kappa shape index (κ3) is 3.64. The Hall–Kier alpha value is -0.610.